The van der Waals surface area contributed by atoms with Gasteiger partial charge in [0.15, 0.2) is 0 Å². The molecule has 0 saturated heterocycles. The molecule has 1 heterocycles. The summed E-state index contributed by atoms with van der Waals surface area (Å²) in [5.41, 5.74) is 2.59. The molecule has 20 heavy (non-hydrogen) atoms. The van der Waals surface area contributed by atoms with Gasteiger partial charge in [0.2, 0.25) is 5.91 Å². The summed E-state index contributed by atoms with van der Waals surface area (Å²) in [5.74, 6) is -0.0757. The Hall–Kier alpha value is -1.88. The van der Waals surface area contributed by atoms with E-state index in [4.69, 9.17) is 4.74 Å². The molecule has 0 radical (unpaired) electrons. The van der Waals surface area contributed by atoms with Crippen molar-refractivity contribution in [2.45, 2.75) is 26.3 Å². The highest BCUT2D eigenvalue weighted by atomic mass is 16.5. The van der Waals surface area contributed by atoms with Crippen molar-refractivity contribution in [3.63, 3.8) is 0 Å². The molecule has 0 fully saturated rings. The molecule has 1 atom stereocenters. The fraction of sp³-hybridized carbons (Fsp3) is 0.467. The second-order valence-corrected chi connectivity index (χ2v) is 5.09. The Morgan fingerprint density at radius 3 is 2.85 bits per heavy atom. The van der Waals surface area contributed by atoms with Gasteiger partial charge in [-0.25, -0.2) is 0 Å². The Bertz CT molecular complexity index is 528. The molecule has 5 heteroatoms. The first-order valence-electron chi connectivity index (χ1n) is 6.73. The third kappa shape index (κ3) is 2.99. The van der Waals surface area contributed by atoms with Crippen molar-refractivity contribution in [3.05, 3.63) is 29.3 Å². The maximum atomic E-state index is 12.1. The first-order chi connectivity index (χ1) is 9.52. The van der Waals surface area contributed by atoms with E-state index in [-0.39, 0.29) is 17.9 Å². The lowest BCUT2D eigenvalue weighted by Crippen LogP contribution is -2.35. The molecule has 1 aromatic carbocycles. The largest absolute Gasteiger partial charge is 0.383 e. The SMILES string of the molecule is COCC(C)NC(=O)c1ccc2c(c1)CCN2C(C)=O. The summed E-state index contributed by atoms with van der Waals surface area (Å²) in [7, 11) is 1.61. The Labute approximate surface area is 118 Å². The summed E-state index contributed by atoms with van der Waals surface area (Å²) in [6.45, 7) is 4.62. The molecular formula is C15H20N2O3. The summed E-state index contributed by atoms with van der Waals surface area (Å²) in [5, 5.41) is 2.88. The molecule has 108 valence electrons. The van der Waals surface area contributed by atoms with Crippen LogP contribution in [0.1, 0.15) is 29.8 Å². The molecule has 1 aliphatic rings. The van der Waals surface area contributed by atoms with Crippen LogP contribution in [0.15, 0.2) is 18.2 Å². The second-order valence-electron chi connectivity index (χ2n) is 5.09. The van der Waals surface area contributed by atoms with Crippen molar-refractivity contribution >= 4 is 17.5 Å². The smallest absolute Gasteiger partial charge is 0.251 e. The van der Waals surface area contributed by atoms with Crippen LogP contribution in [0.5, 0.6) is 0 Å². The van der Waals surface area contributed by atoms with Crippen LogP contribution in [-0.4, -0.2) is 38.1 Å². The fourth-order valence-electron chi connectivity index (χ4n) is 2.47. The van der Waals surface area contributed by atoms with E-state index in [9.17, 15) is 9.59 Å². The van der Waals surface area contributed by atoms with Gasteiger partial charge in [-0.05, 0) is 37.1 Å². The standard InChI is InChI=1S/C15H20N2O3/c1-10(9-20-3)16-15(19)13-4-5-14-12(8-13)6-7-17(14)11(2)18/h4-5,8,10H,6-7,9H2,1-3H3,(H,16,19). The van der Waals surface area contributed by atoms with Gasteiger partial charge in [0.05, 0.1) is 6.61 Å². The molecule has 2 amide bonds. The first kappa shape index (κ1) is 14.5. The maximum absolute atomic E-state index is 12.1. The molecule has 0 spiro atoms. The van der Waals surface area contributed by atoms with E-state index >= 15 is 0 Å². The zero-order valence-corrected chi connectivity index (χ0v) is 12.1. The van der Waals surface area contributed by atoms with Gasteiger partial charge in [-0.3, -0.25) is 9.59 Å². The normalized spacial score (nSPS) is 14.8. The van der Waals surface area contributed by atoms with E-state index in [1.54, 1.807) is 25.0 Å². The predicted molar refractivity (Wildman–Crippen MR) is 77.0 cm³/mol. The van der Waals surface area contributed by atoms with Crippen LogP contribution in [0.4, 0.5) is 5.69 Å². The highest BCUT2D eigenvalue weighted by Gasteiger charge is 2.23. The number of amides is 2. The molecule has 0 aliphatic carbocycles. The van der Waals surface area contributed by atoms with E-state index in [0.29, 0.717) is 18.7 Å². The number of hydrogen-bond donors (Lipinski definition) is 1. The number of ether oxygens (including phenoxy) is 1. The minimum Gasteiger partial charge on any atom is -0.383 e. The topological polar surface area (TPSA) is 58.6 Å². The van der Waals surface area contributed by atoms with E-state index in [0.717, 1.165) is 17.7 Å². The van der Waals surface area contributed by atoms with Gasteiger partial charge < -0.3 is 15.0 Å². The van der Waals surface area contributed by atoms with E-state index in [1.165, 1.54) is 0 Å². The second kappa shape index (κ2) is 6.05. The summed E-state index contributed by atoms with van der Waals surface area (Å²) in [6, 6.07) is 5.44. The van der Waals surface area contributed by atoms with Gasteiger partial charge in [0, 0.05) is 37.9 Å². The highest BCUT2D eigenvalue weighted by molar-refractivity contribution is 5.97. The van der Waals surface area contributed by atoms with Crippen LogP contribution in [0.2, 0.25) is 0 Å². The van der Waals surface area contributed by atoms with Crippen molar-refractivity contribution in [1.82, 2.24) is 5.32 Å². The Kier molecular flexibility index (Phi) is 4.39. The van der Waals surface area contributed by atoms with Gasteiger partial charge in [0.25, 0.3) is 5.91 Å². The Morgan fingerprint density at radius 1 is 1.45 bits per heavy atom. The molecule has 0 bridgehead atoms. The predicted octanol–water partition coefficient (Wildman–Crippen LogP) is 1.36. The lowest BCUT2D eigenvalue weighted by molar-refractivity contribution is -0.116. The van der Waals surface area contributed by atoms with Gasteiger partial charge in [-0.15, -0.1) is 0 Å². The Balaban J connectivity index is 2.12. The molecule has 5 nitrogen and oxygen atoms in total. The van der Waals surface area contributed by atoms with Crippen molar-refractivity contribution in [3.8, 4) is 0 Å². The zero-order valence-electron chi connectivity index (χ0n) is 12.1. The lowest BCUT2D eigenvalue weighted by Gasteiger charge is -2.16. The van der Waals surface area contributed by atoms with Crippen molar-refractivity contribution in [2.75, 3.05) is 25.2 Å². The van der Waals surface area contributed by atoms with E-state index in [2.05, 4.69) is 5.32 Å². The minimum absolute atomic E-state index is 0.0329. The molecule has 1 unspecified atom stereocenters. The van der Waals surface area contributed by atoms with E-state index < -0.39 is 0 Å². The number of hydrogen-bond acceptors (Lipinski definition) is 3. The third-order valence-electron chi connectivity index (χ3n) is 3.41. The van der Waals surface area contributed by atoms with Crippen LogP contribution in [0.3, 0.4) is 0 Å². The first-order valence-corrected chi connectivity index (χ1v) is 6.73. The van der Waals surface area contributed by atoms with Gasteiger partial charge in [-0.2, -0.15) is 0 Å². The summed E-state index contributed by atoms with van der Waals surface area (Å²) >= 11 is 0. The number of methoxy groups -OCH3 is 1. The lowest BCUT2D eigenvalue weighted by atomic mass is 10.1. The number of benzene rings is 1. The van der Waals surface area contributed by atoms with Gasteiger partial charge >= 0.3 is 0 Å². The molecule has 0 aromatic heterocycles. The van der Waals surface area contributed by atoms with Crippen LogP contribution in [0, 0.1) is 0 Å². The van der Waals surface area contributed by atoms with Crippen LogP contribution in [0.25, 0.3) is 0 Å². The van der Waals surface area contributed by atoms with Crippen molar-refractivity contribution in [1.29, 1.82) is 0 Å². The molecule has 2 rings (SSSR count). The number of rotatable bonds is 4. The van der Waals surface area contributed by atoms with Crippen LogP contribution in [-0.2, 0) is 16.0 Å². The van der Waals surface area contributed by atoms with Gasteiger partial charge in [0.1, 0.15) is 0 Å². The molecule has 1 N–H and O–H groups in total. The average molecular weight is 276 g/mol. The van der Waals surface area contributed by atoms with Gasteiger partial charge in [-0.1, -0.05) is 0 Å². The monoisotopic (exact) mass is 276 g/mol. The van der Waals surface area contributed by atoms with Crippen LogP contribution < -0.4 is 10.2 Å². The number of carbonyl (C=O) groups excluding carboxylic acids is 2. The number of carbonyl (C=O) groups is 2. The number of nitrogens with zero attached hydrogens (tertiary/aromatic N) is 1. The molecule has 1 aliphatic heterocycles. The Morgan fingerprint density at radius 2 is 2.20 bits per heavy atom. The summed E-state index contributed by atoms with van der Waals surface area (Å²) < 4.78 is 5.00. The quantitative estimate of drug-likeness (QED) is 0.903. The fourth-order valence-corrected chi connectivity index (χ4v) is 2.47. The summed E-state index contributed by atoms with van der Waals surface area (Å²) in [4.78, 5) is 25.3. The van der Waals surface area contributed by atoms with Crippen LogP contribution >= 0.6 is 0 Å². The van der Waals surface area contributed by atoms with Crippen molar-refractivity contribution in [2.24, 2.45) is 0 Å². The maximum Gasteiger partial charge on any atom is 0.251 e. The summed E-state index contributed by atoms with van der Waals surface area (Å²) in [6.07, 6.45) is 0.795. The number of anilines is 1. The molecule has 1 aromatic rings. The molecular weight excluding hydrogens is 256 g/mol. The molecule has 0 saturated carbocycles. The van der Waals surface area contributed by atoms with E-state index in [1.807, 2.05) is 19.1 Å². The minimum atomic E-state index is -0.112. The highest BCUT2D eigenvalue weighted by Crippen LogP contribution is 2.28. The number of fused-ring (bicyclic) bond motifs is 1. The third-order valence-corrected chi connectivity index (χ3v) is 3.41. The average Bonchev–Trinajstić information content (AvgIpc) is 2.81. The zero-order chi connectivity index (χ0) is 14.7. The number of nitrogens with one attached hydrogen (secondary N) is 1. The van der Waals surface area contributed by atoms with Crippen molar-refractivity contribution < 1.29 is 14.3 Å².